The molecule has 2 aromatic rings. The highest BCUT2D eigenvalue weighted by atomic mass is 19.1. The Morgan fingerprint density at radius 1 is 1.29 bits per heavy atom. The molecule has 1 heterocycles. The molecule has 2 rings (SSSR count). The summed E-state index contributed by atoms with van der Waals surface area (Å²) in [5.74, 6) is 0.280. The molecule has 0 bridgehead atoms. The SMILES string of the molecule is N#Cc1cnc(-c2ccc(F)cc2)[nH]1. The van der Waals surface area contributed by atoms with E-state index in [1.807, 2.05) is 6.07 Å². The first-order valence-electron chi connectivity index (χ1n) is 4.00. The highest BCUT2D eigenvalue weighted by molar-refractivity contribution is 5.55. The number of nitriles is 1. The number of aromatic nitrogens is 2. The molecule has 1 aromatic carbocycles. The van der Waals surface area contributed by atoms with Gasteiger partial charge in [-0.15, -0.1) is 0 Å². The highest BCUT2D eigenvalue weighted by Crippen LogP contribution is 2.15. The summed E-state index contributed by atoms with van der Waals surface area (Å²) in [7, 11) is 0. The fraction of sp³-hybridized carbons (Fsp3) is 0. The molecule has 0 spiro atoms. The van der Waals surface area contributed by atoms with E-state index in [2.05, 4.69) is 9.97 Å². The summed E-state index contributed by atoms with van der Waals surface area (Å²) in [6.07, 6.45) is 1.44. The van der Waals surface area contributed by atoms with Crippen molar-refractivity contribution < 1.29 is 4.39 Å². The number of halogens is 1. The topological polar surface area (TPSA) is 52.5 Å². The van der Waals surface area contributed by atoms with Crippen molar-refractivity contribution in [3.8, 4) is 17.5 Å². The highest BCUT2D eigenvalue weighted by Gasteiger charge is 2.02. The standard InChI is InChI=1S/C10H6FN3/c11-8-3-1-7(2-4-8)10-13-6-9(5-12)14-10/h1-4,6H,(H,13,14). The van der Waals surface area contributed by atoms with Crippen molar-refractivity contribution in [1.29, 1.82) is 5.26 Å². The Hall–Kier alpha value is -2.15. The molecule has 1 aromatic heterocycles. The number of nitrogens with zero attached hydrogens (tertiary/aromatic N) is 2. The van der Waals surface area contributed by atoms with Gasteiger partial charge in [-0.3, -0.25) is 0 Å². The second-order valence-electron chi connectivity index (χ2n) is 2.76. The van der Waals surface area contributed by atoms with Gasteiger partial charge in [0.1, 0.15) is 23.4 Å². The van der Waals surface area contributed by atoms with E-state index in [1.54, 1.807) is 12.1 Å². The van der Waals surface area contributed by atoms with Crippen LogP contribution >= 0.6 is 0 Å². The lowest BCUT2D eigenvalue weighted by atomic mass is 10.2. The zero-order valence-electron chi connectivity index (χ0n) is 7.16. The Morgan fingerprint density at radius 3 is 2.57 bits per heavy atom. The average Bonchev–Trinajstić information content (AvgIpc) is 2.67. The van der Waals surface area contributed by atoms with Gasteiger partial charge in [0.05, 0.1) is 6.20 Å². The van der Waals surface area contributed by atoms with Gasteiger partial charge in [0.15, 0.2) is 0 Å². The van der Waals surface area contributed by atoms with Crippen LogP contribution in [0.1, 0.15) is 5.69 Å². The van der Waals surface area contributed by atoms with Gasteiger partial charge in [0, 0.05) is 5.56 Å². The summed E-state index contributed by atoms with van der Waals surface area (Å²) in [5, 5.41) is 8.56. The third-order valence-electron chi connectivity index (χ3n) is 1.81. The van der Waals surface area contributed by atoms with E-state index in [-0.39, 0.29) is 5.82 Å². The molecule has 14 heavy (non-hydrogen) atoms. The van der Waals surface area contributed by atoms with Crippen molar-refractivity contribution in [2.75, 3.05) is 0 Å². The molecule has 0 saturated heterocycles. The first-order valence-corrected chi connectivity index (χ1v) is 4.00. The Bertz CT molecular complexity index is 479. The van der Waals surface area contributed by atoms with Crippen molar-refractivity contribution in [3.63, 3.8) is 0 Å². The maximum Gasteiger partial charge on any atom is 0.138 e. The van der Waals surface area contributed by atoms with E-state index in [0.29, 0.717) is 11.5 Å². The van der Waals surface area contributed by atoms with E-state index >= 15 is 0 Å². The van der Waals surface area contributed by atoms with E-state index in [1.165, 1.54) is 18.3 Å². The summed E-state index contributed by atoms with van der Waals surface area (Å²) in [6, 6.07) is 7.85. The first kappa shape index (κ1) is 8.45. The van der Waals surface area contributed by atoms with Gasteiger partial charge in [-0.1, -0.05) is 0 Å². The molecule has 0 atom stereocenters. The average molecular weight is 187 g/mol. The zero-order valence-corrected chi connectivity index (χ0v) is 7.16. The monoisotopic (exact) mass is 187 g/mol. The van der Waals surface area contributed by atoms with Gasteiger partial charge in [-0.2, -0.15) is 5.26 Å². The van der Waals surface area contributed by atoms with Crippen molar-refractivity contribution in [3.05, 3.63) is 42.0 Å². The van der Waals surface area contributed by atoms with E-state index < -0.39 is 0 Å². The van der Waals surface area contributed by atoms with Crippen LogP contribution in [0.5, 0.6) is 0 Å². The van der Waals surface area contributed by atoms with Crippen LogP contribution < -0.4 is 0 Å². The molecule has 0 fully saturated rings. The predicted molar refractivity (Wildman–Crippen MR) is 48.7 cm³/mol. The minimum absolute atomic E-state index is 0.291. The summed E-state index contributed by atoms with van der Waals surface area (Å²) >= 11 is 0. The number of aromatic amines is 1. The summed E-state index contributed by atoms with van der Waals surface area (Å²) < 4.78 is 12.6. The van der Waals surface area contributed by atoms with Crippen molar-refractivity contribution in [1.82, 2.24) is 9.97 Å². The first-order chi connectivity index (χ1) is 6.79. The van der Waals surface area contributed by atoms with Gasteiger partial charge in [-0.25, -0.2) is 9.37 Å². The maximum atomic E-state index is 12.6. The van der Waals surface area contributed by atoms with Crippen LogP contribution in [0.2, 0.25) is 0 Å². The van der Waals surface area contributed by atoms with Crippen molar-refractivity contribution in [2.24, 2.45) is 0 Å². The van der Waals surface area contributed by atoms with Crippen molar-refractivity contribution in [2.45, 2.75) is 0 Å². The van der Waals surface area contributed by atoms with Gasteiger partial charge >= 0.3 is 0 Å². The second kappa shape index (κ2) is 3.30. The lowest BCUT2D eigenvalue weighted by Gasteiger charge is -1.94. The minimum Gasteiger partial charge on any atom is -0.330 e. The third-order valence-corrected chi connectivity index (χ3v) is 1.81. The molecule has 1 N–H and O–H groups in total. The molecular weight excluding hydrogens is 181 g/mol. The van der Waals surface area contributed by atoms with E-state index in [4.69, 9.17) is 5.26 Å². The number of imidazole rings is 1. The van der Waals surface area contributed by atoms with Gasteiger partial charge < -0.3 is 4.98 Å². The molecule has 0 radical (unpaired) electrons. The Balaban J connectivity index is 2.40. The molecule has 4 heteroatoms. The minimum atomic E-state index is -0.291. The summed E-state index contributed by atoms with van der Waals surface area (Å²) in [5.41, 5.74) is 1.15. The van der Waals surface area contributed by atoms with Gasteiger partial charge in [0.2, 0.25) is 0 Å². The van der Waals surface area contributed by atoms with Gasteiger partial charge in [-0.05, 0) is 24.3 Å². The van der Waals surface area contributed by atoms with Crippen LogP contribution in [0, 0.1) is 17.1 Å². The molecule has 0 amide bonds. The van der Waals surface area contributed by atoms with Crippen LogP contribution in [0.25, 0.3) is 11.4 Å². The Kier molecular flexibility index (Phi) is 1.99. The molecule has 0 aliphatic heterocycles. The van der Waals surface area contributed by atoms with Gasteiger partial charge in [0.25, 0.3) is 0 Å². The van der Waals surface area contributed by atoms with Crippen LogP contribution in [0.4, 0.5) is 4.39 Å². The third kappa shape index (κ3) is 1.48. The normalized spacial score (nSPS) is 9.71. The summed E-state index contributed by atoms with van der Waals surface area (Å²) in [4.78, 5) is 6.79. The number of hydrogen-bond acceptors (Lipinski definition) is 2. The quantitative estimate of drug-likeness (QED) is 0.743. The molecular formula is C10H6FN3. The second-order valence-corrected chi connectivity index (χ2v) is 2.76. The zero-order chi connectivity index (χ0) is 9.97. The van der Waals surface area contributed by atoms with E-state index in [0.717, 1.165) is 5.56 Å². The molecule has 68 valence electrons. The molecule has 0 unspecified atom stereocenters. The predicted octanol–water partition coefficient (Wildman–Crippen LogP) is 2.09. The number of benzene rings is 1. The lowest BCUT2D eigenvalue weighted by molar-refractivity contribution is 0.628. The van der Waals surface area contributed by atoms with Crippen molar-refractivity contribution >= 4 is 0 Å². The largest absolute Gasteiger partial charge is 0.330 e. The summed E-state index contributed by atoms with van der Waals surface area (Å²) in [6.45, 7) is 0. The fourth-order valence-electron chi connectivity index (χ4n) is 1.13. The molecule has 0 aliphatic rings. The Morgan fingerprint density at radius 2 is 2.00 bits per heavy atom. The Labute approximate surface area is 79.8 Å². The fourth-order valence-corrected chi connectivity index (χ4v) is 1.13. The number of rotatable bonds is 1. The molecule has 3 nitrogen and oxygen atoms in total. The van der Waals surface area contributed by atoms with Crippen LogP contribution in [-0.2, 0) is 0 Å². The number of H-pyrrole nitrogens is 1. The maximum absolute atomic E-state index is 12.6. The number of hydrogen-bond donors (Lipinski definition) is 1. The smallest absolute Gasteiger partial charge is 0.138 e. The lowest BCUT2D eigenvalue weighted by Crippen LogP contribution is -1.81. The van der Waals surface area contributed by atoms with Crippen LogP contribution in [0.15, 0.2) is 30.5 Å². The molecule has 0 saturated carbocycles. The number of nitrogens with one attached hydrogen (secondary N) is 1. The van der Waals surface area contributed by atoms with E-state index in [9.17, 15) is 4.39 Å². The van der Waals surface area contributed by atoms with Crippen LogP contribution in [0.3, 0.4) is 0 Å². The molecule has 0 aliphatic carbocycles. The van der Waals surface area contributed by atoms with Crippen LogP contribution in [-0.4, -0.2) is 9.97 Å².